The average molecular weight is 853 g/mol. The van der Waals surface area contributed by atoms with Crippen molar-refractivity contribution in [2.75, 3.05) is 32.2 Å². The minimum atomic E-state index is -2.04. The molecule has 2 amide bonds. The van der Waals surface area contributed by atoms with Crippen LogP contribution in [0.1, 0.15) is 78.2 Å². The molecule has 0 spiro atoms. The zero-order chi connectivity index (χ0) is 45.2. The second kappa shape index (κ2) is 18.8. The van der Waals surface area contributed by atoms with Crippen LogP contribution in [0.2, 0.25) is 0 Å². The van der Waals surface area contributed by atoms with E-state index in [1.807, 2.05) is 13.8 Å². The van der Waals surface area contributed by atoms with Crippen LogP contribution in [0.25, 0.3) is 10.8 Å². The zero-order valence-corrected chi connectivity index (χ0v) is 36.7. The lowest BCUT2D eigenvalue weighted by atomic mass is 9.78. The average Bonchev–Trinajstić information content (AvgIpc) is 3.47. The number of phenols is 2. The van der Waals surface area contributed by atoms with Gasteiger partial charge in [0.25, 0.3) is 17.6 Å². The fourth-order valence-electron chi connectivity index (χ4n) is 8.46. The molecule has 6 rings (SSSR count). The molecule has 2 aromatic rings. The van der Waals surface area contributed by atoms with Gasteiger partial charge < -0.3 is 59.1 Å². The Bertz CT molecular complexity index is 2100. The molecule has 0 saturated carbocycles. The maximum absolute atomic E-state index is 14.6. The molecule has 16 nitrogen and oxygen atoms in total. The zero-order valence-electron chi connectivity index (χ0n) is 36.7. The lowest BCUT2D eigenvalue weighted by Crippen LogP contribution is -2.53. The van der Waals surface area contributed by atoms with Gasteiger partial charge in [-0.25, -0.2) is 0 Å². The van der Waals surface area contributed by atoms with Crippen LogP contribution >= 0.6 is 0 Å². The van der Waals surface area contributed by atoms with E-state index >= 15 is 0 Å². The molecule has 4 aliphatic rings. The third kappa shape index (κ3) is 9.37. The smallest absolute Gasteiger partial charge is 0.312 e. The number of aliphatic hydroxyl groups is 2. The summed E-state index contributed by atoms with van der Waals surface area (Å²) in [7, 11) is 1.44. The Kier molecular flexibility index (Phi) is 14.5. The quantitative estimate of drug-likeness (QED) is 0.196. The number of phenolic OH excluding ortho intramolecular Hbond substituents is 2. The number of ether oxygens (including phenoxy) is 6. The number of fused-ring (bicyclic) bond motifs is 14. The van der Waals surface area contributed by atoms with Gasteiger partial charge >= 0.3 is 11.8 Å². The summed E-state index contributed by atoms with van der Waals surface area (Å²) < 4.78 is 35.5. The Morgan fingerprint density at radius 1 is 0.934 bits per heavy atom. The van der Waals surface area contributed by atoms with E-state index in [9.17, 15) is 39.6 Å². The number of nitrogens with zero attached hydrogens (tertiary/aromatic N) is 1. The number of carbonyl (C=O) groups is 4. The number of amides is 2. The number of allylic oxidation sites excluding steroid dienone is 2. The van der Waals surface area contributed by atoms with Crippen LogP contribution < -0.4 is 14.8 Å². The molecule has 11 atom stereocenters. The fraction of sp³-hybridized carbons (Fsp3) is 0.556. The van der Waals surface area contributed by atoms with Crippen molar-refractivity contribution in [1.82, 2.24) is 4.90 Å². The summed E-state index contributed by atoms with van der Waals surface area (Å²) in [6.45, 7) is 16.4. The van der Waals surface area contributed by atoms with Crippen molar-refractivity contribution in [1.29, 1.82) is 0 Å². The van der Waals surface area contributed by atoms with Crippen molar-refractivity contribution in [3.05, 3.63) is 53.3 Å². The molecule has 11 unspecified atom stereocenters. The molecule has 1 fully saturated rings. The molecular formula is C45H60N2O14. The summed E-state index contributed by atoms with van der Waals surface area (Å²) in [6.07, 6.45) is 3.57. The van der Waals surface area contributed by atoms with E-state index in [2.05, 4.69) is 5.32 Å². The Labute approximate surface area is 356 Å². The van der Waals surface area contributed by atoms with Crippen molar-refractivity contribution < 1.29 is 68.0 Å². The van der Waals surface area contributed by atoms with Gasteiger partial charge in [0.1, 0.15) is 23.4 Å². The highest BCUT2D eigenvalue weighted by Gasteiger charge is 2.50. The number of rotatable bonds is 5. The molecule has 0 aliphatic carbocycles. The van der Waals surface area contributed by atoms with Crippen LogP contribution in [0.5, 0.6) is 23.0 Å². The lowest BCUT2D eigenvalue weighted by Gasteiger charge is -2.38. The van der Waals surface area contributed by atoms with E-state index in [0.717, 1.165) is 0 Å². The summed E-state index contributed by atoms with van der Waals surface area (Å²) in [5, 5.41) is 48.6. The third-order valence-corrected chi connectivity index (χ3v) is 12.1. The molecule has 2 aromatic carbocycles. The minimum absolute atomic E-state index is 0.0651. The van der Waals surface area contributed by atoms with Gasteiger partial charge in [0, 0.05) is 67.2 Å². The molecule has 1 saturated heterocycles. The molecule has 4 heterocycles. The highest BCUT2D eigenvalue weighted by Crippen LogP contribution is 2.54. The van der Waals surface area contributed by atoms with Crippen molar-refractivity contribution in [2.45, 2.75) is 112 Å². The number of carbonyl (C=O) groups excluding carboxylic acids is 4. The molecule has 5 N–H and O–H groups in total. The van der Waals surface area contributed by atoms with Gasteiger partial charge in [-0.15, -0.1) is 0 Å². The molecule has 334 valence electrons. The van der Waals surface area contributed by atoms with Crippen LogP contribution in [0, 0.1) is 30.6 Å². The first-order valence-electron chi connectivity index (χ1n) is 20.5. The SMILES string of the molecule is COC1/C=C/OC2(C)Oc3c(C)c(O)c4c(O)c(cc(OCC(=O)N5C(C)COCC5C)c4c3C2=O)NC(=O)/C(C)=C\C=C\C(C)C(O)C(C)C(O)C(C)C(OC(C)=O)C1C. The number of methoxy groups -OCH3 is 1. The van der Waals surface area contributed by atoms with Crippen LogP contribution in [0.3, 0.4) is 0 Å². The summed E-state index contributed by atoms with van der Waals surface area (Å²) in [5.41, 5.74) is -0.0390. The molecule has 61 heavy (non-hydrogen) atoms. The molecule has 16 heteroatoms. The first kappa shape index (κ1) is 46.9. The molecule has 5 bridgehead atoms. The summed E-state index contributed by atoms with van der Waals surface area (Å²) in [6, 6.07) is 0.756. The van der Waals surface area contributed by atoms with E-state index in [-0.39, 0.29) is 62.6 Å². The molecular weight excluding hydrogens is 792 g/mol. The number of esters is 1. The maximum Gasteiger partial charge on any atom is 0.312 e. The first-order valence-corrected chi connectivity index (χ1v) is 20.5. The number of benzene rings is 2. The van der Waals surface area contributed by atoms with Crippen LogP contribution in [0.4, 0.5) is 5.69 Å². The Morgan fingerprint density at radius 3 is 2.21 bits per heavy atom. The number of ketones is 1. The number of Topliss-reactive ketones (excluding diaryl/α,β-unsaturated/α-hetero) is 1. The monoisotopic (exact) mass is 852 g/mol. The number of nitrogens with one attached hydrogen (secondary N) is 1. The largest absolute Gasteiger partial charge is 0.507 e. The summed E-state index contributed by atoms with van der Waals surface area (Å²) in [5.74, 6) is -8.12. The van der Waals surface area contributed by atoms with Crippen molar-refractivity contribution in [3.63, 3.8) is 0 Å². The van der Waals surface area contributed by atoms with E-state index in [0.29, 0.717) is 13.2 Å². The number of anilines is 1. The normalized spacial score (nSPS) is 33.3. The summed E-state index contributed by atoms with van der Waals surface area (Å²) in [4.78, 5) is 55.8. The van der Waals surface area contributed by atoms with Crippen LogP contribution in [-0.4, -0.2) is 118 Å². The van der Waals surface area contributed by atoms with E-state index < -0.39 is 89.6 Å². The van der Waals surface area contributed by atoms with Crippen LogP contribution in [-0.2, 0) is 33.3 Å². The second-order valence-corrected chi connectivity index (χ2v) is 16.7. The van der Waals surface area contributed by atoms with Gasteiger partial charge in [-0.3, -0.25) is 19.2 Å². The van der Waals surface area contributed by atoms with Gasteiger partial charge in [0.05, 0.1) is 66.5 Å². The number of hydrogen-bond donors (Lipinski definition) is 5. The number of aromatic hydroxyl groups is 2. The lowest BCUT2D eigenvalue weighted by molar-refractivity contribution is -0.160. The first-order chi connectivity index (χ1) is 28.6. The van der Waals surface area contributed by atoms with Crippen molar-refractivity contribution >= 4 is 40.0 Å². The van der Waals surface area contributed by atoms with Gasteiger partial charge in [-0.1, -0.05) is 45.9 Å². The maximum atomic E-state index is 14.6. The Morgan fingerprint density at radius 2 is 1.59 bits per heavy atom. The second-order valence-electron chi connectivity index (χ2n) is 16.7. The van der Waals surface area contributed by atoms with E-state index in [4.69, 9.17) is 28.4 Å². The van der Waals surface area contributed by atoms with Crippen LogP contribution in [0.15, 0.2) is 42.2 Å². The highest BCUT2D eigenvalue weighted by molar-refractivity contribution is 6.21. The topological polar surface area (TPSA) is 220 Å². The van der Waals surface area contributed by atoms with Crippen molar-refractivity contribution in [2.24, 2.45) is 23.7 Å². The number of hydrogen-bond acceptors (Lipinski definition) is 14. The standard InChI is InChI=1S/C45H60N2O14/c1-21-13-12-14-22(2)44(55)46-30-17-32(58-20-33(49)47-23(3)18-57-19-24(47)4)34-35(40(30)53)39(52)28(8)42-36(34)43(54)45(10,61-42)59-16-15-31(56-11)25(5)41(60-29(9)48)27(7)38(51)26(6)37(21)50/h12-17,21,23-27,31,37-38,41,50-53H,18-20H2,1-11H3,(H,46,55)/b13-12+,16-15+,22-14-. The number of aliphatic hydroxyl groups excluding tert-OH is 2. The van der Waals surface area contributed by atoms with Gasteiger partial charge in [0.2, 0.25) is 0 Å². The molecule has 4 aliphatic heterocycles. The third-order valence-electron chi connectivity index (χ3n) is 12.1. The Balaban J connectivity index is 1.67. The minimum Gasteiger partial charge on any atom is -0.507 e. The van der Waals surface area contributed by atoms with Crippen molar-refractivity contribution in [3.8, 4) is 23.0 Å². The highest BCUT2D eigenvalue weighted by atomic mass is 16.7. The van der Waals surface area contributed by atoms with Gasteiger partial charge in [-0.2, -0.15) is 0 Å². The number of morpholine rings is 1. The van der Waals surface area contributed by atoms with Gasteiger partial charge in [0.15, 0.2) is 12.4 Å². The van der Waals surface area contributed by atoms with E-state index in [1.54, 1.807) is 44.7 Å². The fourth-order valence-corrected chi connectivity index (χ4v) is 8.46. The van der Waals surface area contributed by atoms with Gasteiger partial charge in [-0.05, 0) is 33.8 Å². The predicted octanol–water partition coefficient (Wildman–Crippen LogP) is 5.06. The summed E-state index contributed by atoms with van der Waals surface area (Å²) >= 11 is 0. The van der Waals surface area contributed by atoms with E-state index in [1.165, 1.54) is 59.3 Å². The molecule has 0 radical (unpaired) electrons. The predicted molar refractivity (Wildman–Crippen MR) is 224 cm³/mol. The Hall–Kier alpha value is -5.16. The molecule has 0 aromatic heterocycles.